The molecule has 0 aliphatic heterocycles. The predicted octanol–water partition coefficient (Wildman–Crippen LogP) is 4.09. The average Bonchev–Trinajstić information content (AvgIpc) is 2.85. The largest absolute Gasteiger partial charge is 0.494 e. The standard InChI is InChI=1S/C17H17NO/c1-2-19-16-9-7-14(8-10-16)13-18-12-11-15-5-3-4-6-17(15)18/h3-12H,2,13H2,1H3. The molecule has 2 aromatic carbocycles. The molecule has 3 aromatic rings. The van der Waals surface area contributed by atoms with Crippen LogP contribution in [0.15, 0.2) is 60.8 Å². The Morgan fingerprint density at radius 3 is 2.53 bits per heavy atom. The van der Waals surface area contributed by atoms with E-state index in [1.807, 2.05) is 19.1 Å². The first-order valence-electron chi connectivity index (χ1n) is 6.62. The van der Waals surface area contributed by atoms with Crippen LogP contribution in [0.3, 0.4) is 0 Å². The van der Waals surface area contributed by atoms with Crippen LogP contribution in [-0.2, 0) is 6.54 Å². The maximum absolute atomic E-state index is 5.46. The Morgan fingerprint density at radius 2 is 1.74 bits per heavy atom. The van der Waals surface area contributed by atoms with E-state index in [2.05, 4.69) is 53.2 Å². The first-order valence-corrected chi connectivity index (χ1v) is 6.62. The lowest BCUT2D eigenvalue weighted by molar-refractivity contribution is 0.340. The fourth-order valence-electron chi connectivity index (χ4n) is 2.33. The van der Waals surface area contributed by atoms with Crippen molar-refractivity contribution in [2.75, 3.05) is 6.61 Å². The molecule has 0 saturated carbocycles. The minimum absolute atomic E-state index is 0.710. The number of aromatic nitrogens is 1. The van der Waals surface area contributed by atoms with Crippen LogP contribution in [0, 0.1) is 0 Å². The van der Waals surface area contributed by atoms with Gasteiger partial charge >= 0.3 is 0 Å². The third-order valence-corrected chi connectivity index (χ3v) is 3.27. The molecule has 0 saturated heterocycles. The highest BCUT2D eigenvalue weighted by Gasteiger charge is 2.01. The van der Waals surface area contributed by atoms with Gasteiger partial charge in [0.1, 0.15) is 5.75 Å². The first kappa shape index (κ1) is 11.8. The summed E-state index contributed by atoms with van der Waals surface area (Å²) in [5.74, 6) is 0.934. The highest BCUT2D eigenvalue weighted by molar-refractivity contribution is 5.80. The second kappa shape index (κ2) is 5.19. The number of rotatable bonds is 4. The van der Waals surface area contributed by atoms with E-state index in [0.717, 1.165) is 12.3 Å². The molecule has 2 heteroatoms. The predicted molar refractivity (Wildman–Crippen MR) is 78.7 cm³/mol. The second-order valence-corrected chi connectivity index (χ2v) is 4.58. The fraction of sp³-hybridized carbons (Fsp3) is 0.176. The van der Waals surface area contributed by atoms with Gasteiger partial charge < -0.3 is 9.30 Å². The second-order valence-electron chi connectivity index (χ2n) is 4.58. The van der Waals surface area contributed by atoms with Crippen molar-refractivity contribution in [1.29, 1.82) is 0 Å². The summed E-state index contributed by atoms with van der Waals surface area (Å²) in [7, 11) is 0. The minimum atomic E-state index is 0.710. The lowest BCUT2D eigenvalue weighted by Crippen LogP contribution is -1.98. The van der Waals surface area contributed by atoms with Crippen LogP contribution in [-0.4, -0.2) is 11.2 Å². The number of nitrogens with zero attached hydrogens (tertiary/aromatic N) is 1. The molecule has 2 nitrogen and oxygen atoms in total. The summed E-state index contributed by atoms with van der Waals surface area (Å²) in [5.41, 5.74) is 2.56. The lowest BCUT2D eigenvalue weighted by Gasteiger charge is -2.07. The van der Waals surface area contributed by atoms with E-state index in [9.17, 15) is 0 Å². The van der Waals surface area contributed by atoms with Crippen molar-refractivity contribution in [2.45, 2.75) is 13.5 Å². The normalized spacial score (nSPS) is 10.8. The molecule has 1 heterocycles. The van der Waals surface area contributed by atoms with E-state index < -0.39 is 0 Å². The molecule has 0 fully saturated rings. The Bertz CT molecular complexity index is 667. The van der Waals surface area contributed by atoms with Crippen molar-refractivity contribution in [3.8, 4) is 5.75 Å². The number of para-hydroxylation sites is 1. The van der Waals surface area contributed by atoms with Gasteiger partial charge in [0, 0.05) is 18.3 Å². The maximum Gasteiger partial charge on any atom is 0.119 e. The van der Waals surface area contributed by atoms with Gasteiger partial charge in [-0.2, -0.15) is 0 Å². The molecule has 0 spiro atoms. The highest BCUT2D eigenvalue weighted by Crippen LogP contribution is 2.18. The number of ether oxygens (including phenoxy) is 1. The molecule has 0 radical (unpaired) electrons. The molecule has 0 atom stereocenters. The molecule has 19 heavy (non-hydrogen) atoms. The lowest BCUT2D eigenvalue weighted by atomic mass is 10.2. The quantitative estimate of drug-likeness (QED) is 0.681. The summed E-state index contributed by atoms with van der Waals surface area (Å²) < 4.78 is 7.73. The van der Waals surface area contributed by atoms with Crippen LogP contribution in [0.4, 0.5) is 0 Å². The van der Waals surface area contributed by atoms with Crippen molar-refractivity contribution >= 4 is 10.9 Å². The molecular weight excluding hydrogens is 234 g/mol. The van der Waals surface area contributed by atoms with Crippen LogP contribution in [0.1, 0.15) is 12.5 Å². The number of benzene rings is 2. The van der Waals surface area contributed by atoms with Crippen molar-refractivity contribution in [1.82, 2.24) is 4.57 Å². The van der Waals surface area contributed by atoms with Gasteiger partial charge in [-0.3, -0.25) is 0 Å². The van der Waals surface area contributed by atoms with Crippen molar-refractivity contribution < 1.29 is 4.74 Å². The Kier molecular flexibility index (Phi) is 3.23. The fourth-order valence-corrected chi connectivity index (χ4v) is 2.33. The zero-order valence-electron chi connectivity index (χ0n) is 11.0. The Balaban J connectivity index is 1.84. The highest BCUT2D eigenvalue weighted by atomic mass is 16.5. The van der Waals surface area contributed by atoms with Crippen LogP contribution >= 0.6 is 0 Å². The summed E-state index contributed by atoms with van der Waals surface area (Å²) >= 11 is 0. The molecule has 0 aliphatic rings. The number of hydrogen-bond acceptors (Lipinski definition) is 1. The van der Waals surface area contributed by atoms with Crippen LogP contribution in [0.5, 0.6) is 5.75 Å². The van der Waals surface area contributed by atoms with Gasteiger partial charge in [-0.05, 0) is 42.1 Å². The molecule has 0 unspecified atom stereocenters. The summed E-state index contributed by atoms with van der Waals surface area (Å²) in [6, 6.07) is 18.9. The molecular formula is C17H17NO. The van der Waals surface area contributed by atoms with Gasteiger partial charge in [-0.25, -0.2) is 0 Å². The van der Waals surface area contributed by atoms with Gasteiger partial charge in [0.25, 0.3) is 0 Å². The maximum atomic E-state index is 5.46. The summed E-state index contributed by atoms with van der Waals surface area (Å²) in [4.78, 5) is 0. The third-order valence-electron chi connectivity index (χ3n) is 3.27. The molecule has 96 valence electrons. The zero-order valence-corrected chi connectivity index (χ0v) is 11.0. The van der Waals surface area contributed by atoms with E-state index in [1.54, 1.807) is 0 Å². The van der Waals surface area contributed by atoms with Gasteiger partial charge in [-0.1, -0.05) is 30.3 Å². The first-order chi connectivity index (χ1) is 9.36. The smallest absolute Gasteiger partial charge is 0.119 e. The Morgan fingerprint density at radius 1 is 0.947 bits per heavy atom. The summed E-state index contributed by atoms with van der Waals surface area (Å²) in [6.07, 6.45) is 2.14. The van der Waals surface area contributed by atoms with Crippen molar-refractivity contribution in [3.05, 3.63) is 66.4 Å². The van der Waals surface area contributed by atoms with Gasteiger partial charge in [0.05, 0.1) is 6.61 Å². The summed E-state index contributed by atoms with van der Waals surface area (Å²) in [6.45, 7) is 3.60. The van der Waals surface area contributed by atoms with Gasteiger partial charge in [0.2, 0.25) is 0 Å². The Hall–Kier alpha value is -2.22. The average molecular weight is 251 g/mol. The summed E-state index contributed by atoms with van der Waals surface area (Å²) in [5, 5.41) is 1.29. The Labute approximate surface area is 113 Å². The van der Waals surface area contributed by atoms with E-state index in [1.165, 1.54) is 16.5 Å². The van der Waals surface area contributed by atoms with Crippen LogP contribution < -0.4 is 4.74 Å². The SMILES string of the molecule is CCOc1ccc(Cn2ccc3ccccc32)cc1. The van der Waals surface area contributed by atoms with E-state index >= 15 is 0 Å². The topological polar surface area (TPSA) is 14.2 Å². The zero-order chi connectivity index (χ0) is 13.1. The number of hydrogen-bond donors (Lipinski definition) is 0. The molecule has 1 aromatic heterocycles. The molecule has 0 N–H and O–H groups in total. The van der Waals surface area contributed by atoms with Crippen molar-refractivity contribution in [3.63, 3.8) is 0 Å². The van der Waals surface area contributed by atoms with E-state index in [-0.39, 0.29) is 0 Å². The molecule has 3 rings (SSSR count). The van der Waals surface area contributed by atoms with Crippen LogP contribution in [0.2, 0.25) is 0 Å². The molecule has 0 aliphatic carbocycles. The van der Waals surface area contributed by atoms with E-state index in [4.69, 9.17) is 4.74 Å². The van der Waals surface area contributed by atoms with Crippen molar-refractivity contribution in [2.24, 2.45) is 0 Å². The van der Waals surface area contributed by atoms with Gasteiger partial charge in [-0.15, -0.1) is 0 Å². The van der Waals surface area contributed by atoms with E-state index in [0.29, 0.717) is 6.61 Å². The third kappa shape index (κ3) is 2.48. The minimum Gasteiger partial charge on any atom is -0.494 e. The molecule has 0 bridgehead atoms. The van der Waals surface area contributed by atoms with Crippen LogP contribution in [0.25, 0.3) is 10.9 Å². The van der Waals surface area contributed by atoms with Gasteiger partial charge in [0.15, 0.2) is 0 Å². The monoisotopic (exact) mass is 251 g/mol. The number of fused-ring (bicyclic) bond motifs is 1. The molecule has 0 amide bonds.